The molecule has 7 nitrogen and oxygen atoms in total. The third-order valence-corrected chi connectivity index (χ3v) is 3.13. The lowest BCUT2D eigenvalue weighted by atomic mass is 10.3. The van der Waals surface area contributed by atoms with Crippen LogP contribution in [0.15, 0.2) is 10.9 Å². The molecule has 0 saturated heterocycles. The molecular weight excluding hydrogens is 254 g/mol. The summed E-state index contributed by atoms with van der Waals surface area (Å²) in [5.41, 5.74) is 3.04. The monoisotopic (exact) mass is 267 g/mol. The molecule has 18 heavy (non-hydrogen) atoms. The molecule has 1 N–H and O–H groups in total. The minimum Gasteiger partial charge on any atom is -0.359 e. The standard InChI is InChI=1S/C10H13N5O2S/c1-3-14-10(9(15(16)17)7(2)13-14)11-4-8-5-18-6-12-8/h5-6,11H,3-4H2,1-2H3. The lowest BCUT2D eigenvalue weighted by Gasteiger charge is -2.05. The quantitative estimate of drug-likeness (QED) is 0.663. The lowest BCUT2D eigenvalue weighted by molar-refractivity contribution is -0.384. The van der Waals surface area contributed by atoms with Crippen LogP contribution in [0.4, 0.5) is 11.5 Å². The van der Waals surface area contributed by atoms with Gasteiger partial charge in [-0.2, -0.15) is 5.10 Å². The third-order valence-electron chi connectivity index (χ3n) is 2.50. The predicted octanol–water partition coefficient (Wildman–Crippen LogP) is 2.19. The number of nitrogens with zero attached hydrogens (tertiary/aromatic N) is 4. The number of hydrogen-bond donors (Lipinski definition) is 1. The summed E-state index contributed by atoms with van der Waals surface area (Å²) >= 11 is 1.49. The molecule has 0 saturated carbocycles. The van der Waals surface area contributed by atoms with Gasteiger partial charge < -0.3 is 5.32 Å². The van der Waals surface area contributed by atoms with Gasteiger partial charge in [-0.15, -0.1) is 11.3 Å². The first-order chi connectivity index (χ1) is 8.63. The van der Waals surface area contributed by atoms with Gasteiger partial charge in [0, 0.05) is 11.9 Å². The van der Waals surface area contributed by atoms with E-state index in [1.807, 2.05) is 12.3 Å². The summed E-state index contributed by atoms with van der Waals surface area (Å²) in [5.74, 6) is 0.438. The average Bonchev–Trinajstić information content (AvgIpc) is 2.92. The summed E-state index contributed by atoms with van der Waals surface area (Å²) in [5, 5.41) is 20.1. The summed E-state index contributed by atoms with van der Waals surface area (Å²) < 4.78 is 1.60. The molecule has 0 aliphatic carbocycles. The Kier molecular flexibility index (Phi) is 3.56. The number of aromatic nitrogens is 3. The maximum Gasteiger partial charge on any atom is 0.333 e. The van der Waals surface area contributed by atoms with E-state index in [9.17, 15) is 10.1 Å². The minimum absolute atomic E-state index is 0.0343. The van der Waals surface area contributed by atoms with Gasteiger partial charge in [-0.25, -0.2) is 9.67 Å². The van der Waals surface area contributed by atoms with Crippen LogP contribution in [0.1, 0.15) is 18.3 Å². The van der Waals surface area contributed by atoms with Crippen molar-refractivity contribution >= 4 is 22.8 Å². The molecular formula is C10H13N5O2S. The molecule has 0 spiro atoms. The van der Waals surface area contributed by atoms with E-state index in [1.54, 1.807) is 17.1 Å². The van der Waals surface area contributed by atoms with E-state index in [4.69, 9.17) is 0 Å². The normalized spacial score (nSPS) is 10.6. The van der Waals surface area contributed by atoms with Crippen molar-refractivity contribution < 1.29 is 4.92 Å². The first kappa shape index (κ1) is 12.5. The van der Waals surface area contributed by atoms with Gasteiger partial charge in [-0.05, 0) is 13.8 Å². The lowest BCUT2D eigenvalue weighted by Crippen LogP contribution is -2.08. The second-order valence-corrected chi connectivity index (χ2v) is 4.41. The second kappa shape index (κ2) is 5.13. The van der Waals surface area contributed by atoms with Crippen molar-refractivity contribution in [3.63, 3.8) is 0 Å². The van der Waals surface area contributed by atoms with Gasteiger partial charge in [-0.1, -0.05) is 0 Å². The van der Waals surface area contributed by atoms with Crippen molar-refractivity contribution in [3.8, 4) is 0 Å². The Labute approximate surface area is 108 Å². The Morgan fingerprint density at radius 3 is 2.94 bits per heavy atom. The van der Waals surface area contributed by atoms with Crippen LogP contribution in [0, 0.1) is 17.0 Å². The van der Waals surface area contributed by atoms with Gasteiger partial charge in [-0.3, -0.25) is 10.1 Å². The van der Waals surface area contributed by atoms with E-state index in [-0.39, 0.29) is 5.69 Å². The Bertz CT molecular complexity index is 549. The highest BCUT2D eigenvalue weighted by Gasteiger charge is 2.24. The molecule has 8 heteroatoms. The summed E-state index contributed by atoms with van der Waals surface area (Å²) in [4.78, 5) is 14.8. The highest BCUT2D eigenvalue weighted by molar-refractivity contribution is 7.07. The number of rotatable bonds is 5. The number of aryl methyl sites for hydroxylation is 2. The zero-order chi connectivity index (χ0) is 13.1. The van der Waals surface area contributed by atoms with E-state index < -0.39 is 4.92 Å². The second-order valence-electron chi connectivity index (χ2n) is 3.69. The number of anilines is 1. The van der Waals surface area contributed by atoms with Crippen molar-refractivity contribution in [1.29, 1.82) is 0 Å². The third kappa shape index (κ3) is 2.33. The fourth-order valence-electron chi connectivity index (χ4n) is 1.69. The molecule has 2 aromatic rings. The predicted molar refractivity (Wildman–Crippen MR) is 68.7 cm³/mol. The highest BCUT2D eigenvalue weighted by Crippen LogP contribution is 2.28. The molecule has 2 rings (SSSR count). The van der Waals surface area contributed by atoms with Crippen LogP contribution in [-0.4, -0.2) is 19.7 Å². The summed E-state index contributed by atoms with van der Waals surface area (Å²) in [7, 11) is 0. The molecule has 0 bridgehead atoms. The van der Waals surface area contributed by atoms with Gasteiger partial charge in [0.15, 0.2) is 0 Å². The first-order valence-electron chi connectivity index (χ1n) is 5.46. The molecule has 0 aromatic carbocycles. The van der Waals surface area contributed by atoms with Gasteiger partial charge in [0.05, 0.1) is 22.7 Å². The van der Waals surface area contributed by atoms with E-state index >= 15 is 0 Å². The molecule has 96 valence electrons. The molecule has 0 amide bonds. The molecule has 0 fully saturated rings. The van der Waals surface area contributed by atoms with Gasteiger partial charge in [0.25, 0.3) is 0 Å². The maximum atomic E-state index is 11.0. The van der Waals surface area contributed by atoms with Crippen LogP contribution in [0.3, 0.4) is 0 Å². The van der Waals surface area contributed by atoms with E-state index in [0.717, 1.165) is 5.69 Å². The molecule has 0 aliphatic rings. The van der Waals surface area contributed by atoms with Crippen LogP contribution in [0.25, 0.3) is 0 Å². The number of nitro groups is 1. The Hall–Kier alpha value is -1.96. The summed E-state index contributed by atoms with van der Waals surface area (Å²) in [6.07, 6.45) is 0. The SMILES string of the molecule is CCn1nc(C)c([N+](=O)[O-])c1NCc1cscn1. The summed E-state index contributed by atoms with van der Waals surface area (Å²) in [6, 6.07) is 0. The fourth-order valence-corrected chi connectivity index (χ4v) is 2.25. The molecule has 0 atom stereocenters. The average molecular weight is 267 g/mol. The van der Waals surface area contributed by atoms with E-state index in [1.165, 1.54) is 11.3 Å². The number of hydrogen-bond acceptors (Lipinski definition) is 6. The largest absolute Gasteiger partial charge is 0.359 e. The van der Waals surface area contributed by atoms with Gasteiger partial charge in [0.1, 0.15) is 5.69 Å². The van der Waals surface area contributed by atoms with Crippen molar-refractivity contribution in [2.45, 2.75) is 26.9 Å². The molecule has 2 heterocycles. The number of nitrogens with one attached hydrogen (secondary N) is 1. The molecule has 0 radical (unpaired) electrons. The van der Waals surface area contributed by atoms with Crippen molar-refractivity contribution in [2.24, 2.45) is 0 Å². The molecule has 0 unspecified atom stereocenters. The van der Waals surface area contributed by atoms with Crippen molar-refractivity contribution in [3.05, 3.63) is 32.4 Å². The zero-order valence-corrected chi connectivity index (χ0v) is 10.9. The zero-order valence-electron chi connectivity index (χ0n) is 10.1. The Morgan fingerprint density at radius 2 is 2.39 bits per heavy atom. The molecule has 0 aliphatic heterocycles. The Balaban J connectivity index is 2.27. The van der Waals surface area contributed by atoms with Crippen molar-refractivity contribution in [1.82, 2.24) is 14.8 Å². The van der Waals surface area contributed by atoms with Crippen molar-refractivity contribution in [2.75, 3.05) is 5.32 Å². The van der Waals surface area contributed by atoms with Gasteiger partial charge >= 0.3 is 5.69 Å². The minimum atomic E-state index is -0.405. The van der Waals surface area contributed by atoms with E-state index in [0.29, 0.717) is 24.6 Å². The molecule has 2 aromatic heterocycles. The fraction of sp³-hybridized carbons (Fsp3) is 0.400. The van der Waals surface area contributed by atoms with Gasteiger partial charge in [0.2, 0.25) is 5.82 Å². The van der Waals surface area contributed by atoms with Crippen LogP contribution < -0.4 is 5.32 Å². The smallest absolute Gasteiger partial charge is 0.333 e. The first-order valence-corrected chi connectivity index (χ1v) is 6.40. The maximum absolute atomic E-state index is 11.0. The van der Waals surface area contributed by atoms with E-state index in [2.05, 4.69) is 15.4 Å². The van der Waals surface area contributed by atoms with Crippen LogP contribution in [0.2, 0.25) is 0 Å². The van der Waals surface area contributed by atoms with Crippen LogP contribution >= 0.6 is 11.3 Å². The summed E-state index contributed by atoms with van der Waals surface area (Å²) in [6.45, 7) is 4.56. The van der Waals surface area contributed by atoms with Crippen LogP contribution in [0.5, 0.6) is 0 Å². The number of thiazole rings is 1. The Morgan fingerprint density at radius 1 is 1.61 bits per heavy atom. The van der Waals surface area contributed by atoms with Crippen LogP contribution in [-0.2, 0) is 13.1 Å². The highest BCUT2D eigenvalue weighted by atomic mass is 32.1. The topological polar surface area (TPSA) is 85.9 Å².